The number of likely N-dealkylation sites (N-methyl/N-ethyl adjacent to an activating group) is 1. The Morgan fingerprint density at radius 2 is 1.94 bits per heavy atom. The zero-order chi connectivity index (χ0) is 13.1. The van der Waals surface area contributed by atoms with E-state index in [1.165, 1.54) is 5.56 Å². The Labute approximate surface area is 104 Å². The van der Waals surface area contributed by atoms with Gasteiger partial charge in [-0.05, 0) is 37.2 Å². The van der Waals surface area contributed by atoms with Crippen molar-refractivity contribution >= 4 is 11.6 Å². The van der Waals surface area contributed by atoms with E-state index in [-0.39, 0.29) is 11.3 Å². The summed E-state index contributed by atoms with van der Waals surface area (Å²) in [6.07, 6.45) is 0. The maximum atomic E-state index is 11.6. The molecule has 0 bridgehead atoms. The average Bonchev–Trinajstić information content (AvgIpc) is 2.15. The summed E-state index contributed by atoms with van der Waals surface area (Å²) in [5.41, 5.74) is 2.19. The molecule has 0 radical (unpaired) electrons. The van der Waals surface area contributed by atoms with Crippen molar-refractivity contribution < 1.29 is 4.79 Å². The fourth-order valence-electron chi connectivity index (χ4n) is 1.55. The largest absolute Gasteiger partial charge is 0.325 e. The van der Waals surface area contributed by atoms with E-state index in [4.69, 9.17) is 0 Å². The molecule has 3 heteroatoms. The third kappa shape index (κ3) is 4.57. The highest BCUT2D eigenvalue weighted by molar-refractivity contribution is 5.92. The Bertz CT molecular complexity index is 391. The van der Waals surface area contributed by atoms with Crippen LogP contribution in [0.4, 0.5) is 5.69 Å². The predicted octanol–water partition coefficient (Wildman–Crippen LogP) is 2.48. The van der Waals surface area contributed by atoms with Crippen LogP contribution in [0.5, 0.6) is 0 Å². The molecule has 17 heavy (non-hydrogen) atoms. The van der Waals surface area contributed by atoms with E-state index in [1.807, 2.05) is 37.2 Å². The number of nitrogens with zero attached hydrogens (tertiary/aromatic N) is 1. The van der Waals surface area contributed by atoms with E-state index < -0.39 is 0 Å². The summed E-state index contributed by atoms with van der Waals surface area (Å²) in [5.74, 6) is 0.0149. The van der Waals surface area contributed by atoms with Crippen molar-refractivity contribution in [1.29, 1.82) is 0 Å². The van der Waals surface area contributed by atoms with Crippen molar-refractivity contribution in [2.75, 3.05) is 26.0 Å². The number of rotatable bonds is 3. The molecule has 0 saturated carbocycles. The highest BCUT2D eigenvalue weighted by Crippen LogP contribution is 2.24. The minimum absolute atomic E-state index is 0.0149. The molecule has 1 amide bonds. The summed E-state index contributed by atoms with van der Waals surface area (Å²) in [6, 6.07) is 8.02. The Kier molecular flexibility index (Phi) is 4.29. The number of carbonyl (C=O) groups excluding carboxylic acids is 1. The second kappa shape index (κ2) is 5.32. The van der Waals surface area contributed by atoms with Gasteiger partial charge in [0.1, 0.15) is 0 Å². The molecule has 94 valence electrons. The molecule has 1 aromatic carbocycles. The molecule has 0 heterocycles. The van der Waals surface area contributed by atoms with E-state index >= 15 is 0 Å². The van der Waals surface area contributed by atoms with Crippen molar-refractivity contribution in [2.24, 2.45) is 0 Å². The predicted molar refractivity (Wildman–Crippen MR) is 72.3 cm³/mol. The van der Waals surface area contributed by atoms with Gasteiger partial charge < -0.3 is 10.2 Å². The molecule has 0 fully saturated rings. The molecule has 1 aromatic rings. The van der Waals surface area contributed by atoms with E-state index in [9.17, 15) is 4.79 Å². The first-order chi connectivity index (χ1) is 7.79. The van der Waals surface area contributed by atoms with E-state index in [0.29, 0.717) is 6.54 Å². The first-order valence-corrected chi connectivity index (χ1v) is 5.84. The topological polar surface area (TPSA) is 32.3 Å². The number of nitrogens with one attached hydrogen (secondary N) is 1. The van der Waals surface area contributed by atoms with Gasteiger partial charge >= 0.3 is 0 Å². The smallest absolute Gasteiger partial charge is 0.238 e. The van der Waals surface area contributed by atoms with Crippen molar-refractivity contribution in [3.63, 3.8) is 0 Å². The monoisotopic (exact) mass is 234 g/mol. The molecule has 0 aliphatic carbocycles. The second-order valence-electron chi connectivity index (χ2n) is 5.62. The zero-order valence-electron chi connectivity index (χ0n) is 11.4. The number of anilines is 1. The van der Waals surface area contributed by atoms with Gasteiger partial charge in [-0.15, -0.1) is 0 Å². The van der Waals surface area contributed by atoms with Gasteiger partial charge in [0.2, 0.25) is 5.91 Å². The molecule has 3 nitrogen and oxygen atoms in total. The Morgan fingerprint density at radius 1 is 1.29 bits per heavy atom. The molecule has 0 aromatic heterocycles. The maximum Gasteiger partial charge on any atom is 0.238 e. The van der Waals surface area contributed by atoms with Gasteiger partial charge in [-0.2, -0.15) is 0 Å². The lowest BCUT2D eigenvalue weighted by Gasteiger charge is -2.20. The van der Waals surface area contributed by atoms with Crippen LogP contribution in [0.3, 0.4) is 0 Å². The molecule has 0 aliphatic heterocycles. The van der Waals surface area contributed by atoms with Crippen LogP contribution in [0.15, 0.2) is 24.3 Å². The van der Waals surface area contributed by atoms with Crippen LogP contribution in [0, 0.1) is 0 Å². The fraction of sp³-hybridized carbons (Fsp3) is 0.500. The van der Waals surface area contributed by atoms with Crippen molar-refractivity contribution in [1.82, 2.24) is 4.90 Å². The quantitative estimate of drug-likeness (QED) is 0.871. The SMILES string of the molecule is CN(C)CC(=O)Nc1cccc(C(C)(C)C)c1. The normalized spacial score (nSPS) is 11.6. The lowest BCUT2D eigenvalue weighted by molar-refractivity contribution is -0.116. The number of benzene rings is 1. The summed E-state index contributed by atoms with van der Waals surface area (Å²) in [5, 5.41) is 2.91. The zero-order valence-corrected chi connectivity index (χ0v) is 11.4. The number of hydrogen-bond acceptors (Lipinski definition) is 2. The molecule has 0 saturated heterocycles. The standard InChI is InChI=1S/C14H22N2O/c1-14(2,3)11-7-6-8-12(9-11)15-13(17)10-16(4)5/h6-9H,10H2,1-5H3,(H,15,17). The molecule has 0 aliphatic rings. The first kappa shape index (κ1) is 13.7. The van der Waals surface area contributed by atoms with E-state index in [1.54, 1.807) is 0 Å². The number of hydrogen-bond donors (Lipinski definition) is 1. The highest BCUT2D eigenvalue weighted by Gasteiger charge is 2.14. The summed E-state index contributed by atoms with van der Waals surface area (Å²) >= 11 is 0. The molecular formula is C14H22N2O. The molecular weight excluding hydrogens is 212 g/mol. The van der Waals surface area contributed by atoms with E-state index in [0.717, 1.165) is 5.69 Å². The van der Waals surface area contributed by atoms with Crippen LogP contribution in [0.1, 0.15) is 26.3 Å². The van der Waals surface area contributed by atoms with Crippen molar-refractivity contribution in [2.45, 2.75) is 26.2 Å². The second-order valence-corrected chi connectivity index (χ2v) is 5.62. The number of amides is 1. The molecule has 0 spiro atoms. The lowest BCUT2D eigenvalue weighted by Crippen LogP contribution is -2.27. The molecule has 1 rings (SSSR count). The van der Waals surface area contributed by atoms with Crippen molar-refractivity contribution in [3.8, 4) is 0 Å². The van der Waals surface area contributed by atoms with Gasteiger partial charge in [-0.1, -0.05) is 32.9 Å². The molecule has 0 atom stereocenters. The number of carbonyl (C=O) groups is 1. The van der Waals surface area contributed by atoms with Crippen molar-refractivity contribution in [3.05, 3.63) is 29.8 Å². The summed E-state index contributed by atoms with van der Waals surface area (Å²) in [6.45, 7) is 6.88. The van der Waals surface area contributed by atoms with Crippen LogP contribution in [-0.4, -0.2) is 31.4 Å². The molecule has 0 unspecified atom stereocenters. The van der Waals surface area contributed by atoms with Crippen LogP contribution in [0.25, 0.3) is 0 Å². The van der Waals surface area contributed by atoms with Gasteiger partial charge in [0.15, 0.2) is 0 Å². The summed E-state index contributed by atoms with van der Waals surface area (Å²) in [4.78, 5) is 13.5. The van der Waals surface area contributed by atoms with Gasteiger partial charge in [0.05, 0.1) is 6.54 Å². The van der Waals surface area contributed by atoms with Crippen LogP contribution < -0.4 is 5.32 Å². The minimum Gasteiger partial charge on any atom is -0.325 e. The first-order valence-electron chi connectivity index (χ1n) is 5.84. The third-order valence-corrected chi connectivity index (χ3v) is 2.47. The fourth-order valence-corrected chi connectivity index (χ4v) is 1.55. The Hall–Kier alpha value is -1.35. The minimum atomic E-state index is 0.0149. The summed E-state index contributed by atoms with van der Waals surface area (Å²) < 4.78 is 0. The maximum absolute atomic E-state index is 11.6. The van der Waals surface area contributed by atoms with Gasteiger partial charge in [-0.3, -0.25) is 4.79 Å². The van der Waals surface area contributed by atoms with Gasteiger partial charge in [0, 0.05) is 5.69 Å². The Morgan fingerprint density at radius 3 is 2.47 bits per heavy atom. The Balaban J connectivity index is 2.76. The van der Waals surface area contributed by atoms with Crippen LogP contribution in [0.2, 0.25) is 0 Å². The third-order valence-electron chi connectivity index (χ3n) is 2.47. The average molecular weight is 234 g/mol. The van der Waals surface area contributed by atoms with Crippen LogP contribution >= 0.6 is 0 Å². The van der Waals surface area contributed by atoms with Gasteiger partial charge in [-0.25, -0.2) is 0 Å². The van der Waals surface area contributed by atoms with Crippen LogP contribution in [-0.2, 0) is 10.2 Å². The lowest BCUT2D eigenvalue weighted by atomic mass is 9.87. The highest BCUT2D eigenvalue weighted by atomic mass is 16.2. The molecule has 1 N–H and O–H groups in total. The van der Waals surface area contributed by atoms with Gasteiger partial charge in [0.25, 0.3) is 0 Å². The summed E-state index contributed by atoms with van der Waals surface area (Å²) in [7, 11) is 3.76. The van der Waals surface area contributed by atoms with E-state index in [2.05, 4.69) is 32.2 Å².